The van der Waals surface area contributed by atoms with Crippen molar-refractivity contribution in [3.05, 3.63) is 57.8 Å². The Morgan fingerprint density at radius 2 is 1.77 bits per heavy atom. The van der Waals surface area contributed by atoms with Crippen LogP contribution >= 0.6 is 23.6 Å². The molecule has 0 saturated heterocycles. The Balaban J connectivity index is 1.93. The molecule has 0 fully saturated rings. The molecule has 6 nitrogen and oxygen atoms in total. The fourth-order valence-electron chi connectivity index (χ4n) is 1.99. The number of hydrogen-bond acceptors (Lipinski definition) is 7. The van der Waals surface area contributed by atoms with Gasteiger partial charge in [0.25, 0.3) is 0 Å². The van der Waals surface area contributed by atoms with Crippen LogP contribution < -0.4 is 0 Å². The van der Waals surface area contributed by atoms with Gasteiger partial charge in [-0.2, -0.15) is 0 Å². The van der Waals surface area contributed by atoms with Gasteiger partial charge in [-0.05, 0) is 31.3 Å². The molecule has 0 amide bonds. The highest BCUT2D eigenvalue weighted by Crippen LogP contribution is 2.27. The lowest BCUT2D eigenvalue weighted by molar-refractivity contribution is -0.143. The number of aliphatic carboxylic acids is 1. The van der Waals surface area contributed by atoms with Crippen LogP contribution in [0.25, 0.3) is 0 Å². The molecule has 1 N–H and O–H groups in total. The van der Waals surface area contributed by atoms with Crippen molar-refractivity contribution in [2.75, 3.05) is 13.2 Å². The fourth-order valence-corrected chi connectivity index (χ4v) is 3.12. The van der Waals surface area contributed by atoms with Crippen molar-refractivity contribution in [2.45, 2.75) is 12.8 Å². The molecule has 0 aliphatic rings. The number of esters is 1. The number of rotatable bonds is 8. The van der Waals surface area contributed by atoms with E-state index in [1.165, 1.54) is 11.3 Å². The largest absolute Gasteiger partial charge is 0.479 e. The van der Waals surface area contributed by atoms with Gasteiger partial charge in [0.05, 0.1) is 10.8 Å². The molecule has 1 heterocycles. The Morgan fingerprint density at radius 3 is 2.42 bits per heavy atom. The molecular formula is C18H16O6S2. The van der Waals surface area contributed by atoms with Crippen molar-refractivity contribution in [1.29, 1.82) is 0 Å². The van der Waals surface area contributed by atoms with E-state index in [0.717, 1.165) is 0 Å². The number of ether oxygens (including phenoxy) is 2. The van der Waals surface area contributed by atoms with E-state index in [1.54, 1.807) is 43.3 Å². The van der Waals surface area contributed by atoms with Gasteiger partial charge in [0.1, 0.15) is 0 Å². The molecule has 0 aliphatic heterocycles. The number of benzene rings is 1. The topological polar surface area (TPSA) is 89.9 Å². The van der Waals surface area contributed by atoms with Gasteiger partial charge in [-0.15, -0.1) is 11.3 Å². The van der Waals surface area contributed by atoms with Crippen molar-refractivity contribution in [1.82, 2.24) is 0 Å². The predicted octanol–water partition coefficient (Wildman–Crippen LogP) is 3.05. The van der Waals surface area contributed by atoms with E-state index in [4.69, 9.17) is 26.8 Å². The van der Waals surface area contributed by atoms with E-state index in [-0.39, 0.29) is 17.4 Å². The van der Waals surface area contributed by atoms with Gasteiger partial charge in [-0.25, -0.2) is 4.79 Å². The van der Waals surface area contributed by atoms with Gasteiger partial charge >= 0.3 is 11.9 Å². The van der Waals surface area contributed by atoms with Crippen LogP contribution in [0.4, 0.5) is 0 Å². The van der Waals surface area contributed by atoms with Crippen LogP contribution in [0.15, 0.2) is 42.5 Å². The maximum absolute atomic E-state index is 12.4. The molecule has 1 aromatic heterocycles. The molecule has 0 unspecified atom stereocenters. The first-order chi connectivity index (χ1) is 12.4. The third kappa shape index (κ3) is 5.47. The summed E-state index contributed by atoms with van der Waals surface area (Å²) in [4.78, 5) is 36.1. The summed E-state index contributed by atoms with van der Waals surface area (Å²) in [6.07, 6.45) is 0. The highest BCUT2D eigenvalue weighted by Gasteiger charge is 2.21. The number of thiophene rings is 1. The summed E-state index contributed by atoms with van der Waals surface area (Å²) in [5.41, 5.74) is 0.581. The van der Waals surface area contributed by atoms with Crippen LogP contribution in [0.2, 0.25) is 0 Å². The maximum Gasteiger partial charge on any atom is 0.341 e. The zero-order chi connectivity index (χ0) is 19.1. The van der Waals surface area contributed by atoms with Crippen LogP contribution in [0, 0.1) is 0 Å². The zero-order valence-electron chi connectivity index (χ0n) is 13.8. The van der Waals surface area contributed by atoms with Gasteiger partial charge in [-0.3, -0.25) is 9.59 Å². The molecule has 0 aliphatic carbocycles. The van der Waals surface area contributed by atoms with Crippen molar-refractivity contribution in [3.8, 4) is 0 Å². The third-order valence-electron chi connectivity index (χ3n) is 3.36. The Hall–Kier alpha value is -2.58. The second-order valence-corrected chi connectivity index (χ2v) is 6.85. The maximum atomic E-state index is 12.4. The summed E-state index contributed by atoms with van der Waals surface area (Å²) < 4.78 is 9.77. The van der Waals surface area contributed by atoms with Crippen LogP contribution in [0.3, 0.4) is 0 Å². The molecule has 1 atom stereocenters. The molecule has 0 spiro atoms. The summed E-state index contributed by atoms with van der Waals surface area (Å²) in [5.74, 6) is -2.39. The Morgan fingerprint density at radius 1 is 1.08 bits per heavy atom. The summed E-state index contributed by atoms with van der Waals surface area (Å²) >= 11 is 6.01. The molecule has 2 aromatic rings. The number of carbonyl (C=O) groups is 3. The molecule has 26 heavy (non-hydrogen) atoms. The van der Waals surface area contributed by atoms with Gasteiger partial charge in [0, 0.05) is 10.4 Å². The summed E-state index contributed by atoms with van der Waals surface area (Å²) in [5, 5.41) is 8.38. The first-order valence-corrected chi connectivity index (χ1v) is 8.84. The van der Waals surface area contributed by atoms with E-state index < -0.39 is 24.5 Å². The lowest BCUT2D eigenvalue weighted by atomic mass is 10.1. The minimum Gasteiger partial charge on any atom is -0.479 e. The Kier molecular flexibility index (Phi) is 6.99. The number of carboxylic acid groups (broad SMARTS) is 1. The van der Waals surface area contributed by atoms with Gasteiger partial charge in [-0.1, -0.05) is 30.3 Å². The fraction of sp³-hybridized carbons (Fsp3) is 0.222. The lowest BCUT2D eigenvalue weighted by Gasteiger charge is -2.10. The van der Waals surface area contributed by atoms with Gasteiger partial charge < -0.3 is 14.6 Å². The number of carbonyl (C=O) groups excluding carboxylic acids is 2. The third-order valence-corrected chi connectivity index (χ3v) is 4.86. The highest BCUT2D eigenvalue weighted by atomic mass is 32.1. The SMILES string of the molecule is C[C@@H](C(=O)OCC(=S)OCC(=O)O)c1ccc(C(=O)c2ccccc2)s1. The second kappa shape index (κ2) is 9.21. The van der Waals surface area contributed by atoms with Crippen LogP contribution in [-0.2, 0) is 19.1 Å². The number of ketones is 1. The second-order valence-electron chi connectivity index (χ2n) is 5.28. The van der Waals surface area contributed by atoms with E-state index in [1.807, 2.05) is 6.07 Å². The van der Waals surface area contributed by atoms with E-state index in [2.05, 4.69) is 0 Å². The summed E-state index contributed by atoms with van der Waals surface area (Å²) in [7, 11) is 0. The minimum atomic E-state index is -1.17. The summed E-state index contributed by atoms with van der Waals surface area (Å²) in [6, 6.07) is 12.3. The van der Waals surface area contributed by atoms with Crippen LogP contribution in [0.5, 0.6) is 0 Å². The van der Waals surface area contributed by atoms with E-state index in [9.17, 15) is 14.4 Å². The lowest BCUT2D eigenvalue weighted by Crippen LogP contribution is -2.20. The highest BCUT2D eigenvalue weighted by molar-refractivity contribution is 7.80. The zero-order valence-corrected chi connectivity index (χ0v) is 15.5. The monoisotopic (exact) mass is 392 g/mol. The van der Waals surface area contributed by atoms with Gasteiger partial charge in [0.15, 0.2) is 18.3 Å². The first-order valence-electron chi connectivity index (χ1n) is 7.62. The van der Waals surface area contributed by atoms with Crippen molar-refractivity contribution < 1.29 is 29.0 Å². The average molecular weight is 392 g/mol. The first kappa shape index (κ1) is 19.7. The molecule has 136 valence electrons. The normalized spacial score (nSPS) is 11.4. The number of carboxylic acids is 1. The van der Waals surface area contributed by atoms with Crippen LogP contribution in [-0.4, -0.2) is 41.1 Å². The smallest absolute Gasteiger partial charge is 0.341 e. The van der Waals surface area contributed by atoms with Crippen LogP contribution in [0.1, 0.15) is 33.0 Å². The number of hydrogen-bond donors (Lipinski definition) is 1. The van der Waals surface area contributed by atoms with Crippen molar-refractivity contribution in [3.63, 3.8) is 0 Å². The quantitative estimate of drug-likeness (QED) is 0.419. The standard InChI is InChI=1S/C18H16O6S2/c1-11(18(22)24-10-16(25)23-9-15(19)20)13-7-8-14(26-13)17(21)12-5-3-2-4-6-12/h2-8,11H,9-10H2,1H3,(H,19,20)/t11-/m1/s1. The minimum absolute atomic E-state index is 0.106. The Bertz CT molecular complexity index is 812. The molecule has 0 bridgehead atoms. The van der Waals surface area contributed by atoms with Gasteiger partial charge in [0.2, 0.25) is 5.78 Å². The molecule has 2 rings (SSSR count). The molecule has 0 saturated carbocycles. The Labute approximate surface area is 159 Å². The predicted molar refractivity (Wildman–Crippen MR) is 99.8 cm³/mol. The van der Waals surface area contributed by atoms with E-state index >= 15 is 0 Å². The van der Waals surface area contributed by atoms with E-state index in [0.29, 0.717) is 15.3 Å². The van der Waals surface area contributed by atoms with Crippen molar-refractivity contribution in [2.24, 2.45) is 0 Å². The molecule has 1 aromatic carbocycles. The summed E-state index contributed by atoms with van der Waals surface area (Å²) in [6.45, 7) is 0.779. The molecule has 0 radical (unpaired) electrons. The average Bonchev–Trinajstić information content (AvgIpc) is 3.13. The molecule has 8 heteroatoms. The number of thiocarbonyl (C=S) groups is 1. The van der Waals surface area contributed by atoms with Crippen molar-refractivity contribution >= 4 is 46.3 Å². The molecular weight excluding hydrogens is 376 g/mol.